The van der Waals surface area contributed by atoms with E-state index in [0.717, 1.165) is 5.56 Å². The molecule has 1 unspecified atom stereocenters. The summed E-state index contributed by atoms with van der Waals surface area (Å²) in [6.07, 6.45) is 1.42. The van der Waals surface area contributed by atoms with E-state index in [2.05, 4.69) is 10.6 Å². The fraction of sp³-hybridized carbons (Fsp3) is 0.360. The molecule has 35 heavy (non-hydrogen) atoms. The molecule has 0 spiro atoms. The van der Waals surface area contributed by atoms with Gasteiger partial charge in [-0.25, -0.2) is 0 Å². The van der Waals surface area contributed by atoms with Crippen LogP contribution in [0.4, 0.5) is 0 Å². The SMILES string of the molecule is CC(=O)N[C@H](Cc1ccccc1)C(=O)N1CCC[C@H]1C(=O)NC(Cc1cccc(C#N)c1)B(O)O. The molecule has 3 rings (SSSR count). The lowest BCUT2D eigenvalue weighted by molar-refractivity contribution is -0.141. The van der Waals surface area contributed by atoms with Gasteiger partial charge in [-0.2, -0.15) is 5.26 Å². The standard InChI is InChI=1S/C25H29BN4O5/c1-17(31)28-21(14-18-7-3-2-4-8-18)25(33)30-12-6-11-22(30)24(32)29-23(26(34)35)15-19-9-5-10-20(13-19)16-27/h2-5,7-10,13,21-23,34-35H,6,11-12,14-15H2,1H3,(H,28,31)(H,29,32)/t21-,22+,23?/m1/s1. The Bertz CT molecular complexity index is 1090. The molecule has 1 aliphatic heterocycles. The predicted octanol–water partition coefficient (Wildman–Crippen LogP) is 0.336. The molecule has 0 bridgehead atoms. The molecule has 2 aromatic carbocycles. The van der Waals surface area contributed by atoms with Crippen LogP contribution < -0.4 is 10.6 Å². The van der Waals surface area contributed by atoms with Crippen molar-refractivity contribution < 1.29 is 24.4 Å². The van der Waals surface area contributed by atoms with Crippen LogP contribution in [0.1, 0.15) is 36.5 Å². The predicted molar refractivity (Wildman–Crippen MR) is 129 cm³/mol. The van der Waals surface area contributed by atoms with Crippen LogP contribution in [0.3, 0.4) is 0 Å². The average molecular weight is 476 g/mol. The van der Waals surface area contributed by atoms with Gasteiger partial charge in [0.2, 0.25) is 17.7 Å². The van der Waals surface area contributed by atoms with E-state index in [1.165, 1.54) is 11.8 Å². The fourth-order valence-corrected chi connectivity index (χ4v) is 4.33. The maximum Gasteiger partial charge on any atom is 0.475 e. The normalized spacial score (nSPS) is 16.6. The van der Waals surface area contributed by atoms with E-state index in [0.29, 0.717) is 30.5 Å². The van der Waals surface area contributed by atoms with E-state index in [-0.39, 0.29) is 24.7 Å². The highest BCUT2D eigenvalue weighted by molar-refractivity contribution is 6.43. The third-order valence-electron chi connectivity index (χ3n) is 6.00. The number of nitriles is 1. The first-order valence-electron chi connectivity index (χ1n) is 11.6. The maximum absolute atomic E-state index is 13.4. The molecule has 1 fully saturated rings. The second-order valence-corrected chi connectivity index (χ2v) is 8.68. The van der Waals surface area contributed by atoms with Gasteiger partial charge < -0.3 is 25.6 Å². The summed E-state index contributed by atoms with van der Waals surface area (Å²) in [5.74, 6) is -2.22. The lowest BCUT2D eigenvalue weighted by Gasteiger charge is -2.30. The van der Waals surface area contributed by atoms with Crippen molar-refractivity contribution in [3.05, 3.63) is 71.3 Å². The number of benzene rings is 2. The number of amides is 3. The Morgan fingerprint density at radius 1 is 1.09 bits per heavy atom. The van der Waals surface area contributed by atoms with Gasteiger partial charge in [0.05, 0.1) is 17.6 Å². The van der Waals surface area contributed by atoms with Gasteiger partial charge in [-0.15, -0.1) is 0 Å². The van der Waals surface area contributed by atoms with Gasteiger partial charge in [0.1, 0.15) is 12.1 Å². The van der Waals surface area contributed by atoms with Gasteiger partial charge >= 0.3 is 7.12 Å². The van der Waals surface area contributed by atoms with Crippen LogP contribution in [0.5, 0.6) is 0 Å². The summed E-state index contributed by atoms with van der Waals surface area (Å²) >= 11 is 0. The number of hydrogen-bond donors (Lipinski definition) is 4. The smallest absolute Gasteiger partial charge is 0.426 e. The van der Waals surface area contributed by atoms with Crippen LogP contribution in [-0.4, -0.2) is 64.4 Å². The van der Waals surface area contributed by atoms with E-state index in [1.54, 1.807) is 24.3 Å². The molecule has 1 aliphatic rings. The number of likely N-dealkylation sites (tertiary alicyclic amines) is 1. The number of rotatable bonds is 9. The summed E-state index contributed by atoms with van der Waals surface area (Å²) in [5.41, 5.74) is 1.97. The minimum atomic E-state index is -1.83. The topological polar surface area (TPSA) is 143 Å². The molecule has 1 heterocycles. The monoisotopic (exact) mass is 476 g/mol. The number of carbonyl (C=O) groups is 3. The van der Waals surface area contributed by atoms with Gasteiger partial charge in [0.15, 0.2) is 0 Å². The molecule has 0 aliphatic carbocycles. The Kier molecular flexibility index (Phi) is 9.01. The molecular weight excluding hydrogens is 447 g/mol. The summed E-state index contributed by atoms with van der Waals surface area (Å²) in [5, 5.41) is 34.2. The van der Waals surface area contributed by atoms with E-state index >= 15 is 0 Å². The molecule has 10 heteroatoms. The zero-order valence-corrected chi connectivity index (χ0v) is 19.6. The molecule has 9 nitrogen and oxygen atoms in total. The van der Waals surface area contributed by atoms with Crippen molar-refractivity contribution in [2.75, 3.05) is 6.54 Å². The summed E-state index contributed by atoms with van der Waals surface area (Å²) in [4.78, 5) is 39.7. The maximum atomic E-state index is 13.4. The molecule has 0 saturated carbocycles. The highest BCUT2D eigenvalue weighted by atomic mass is 16.4. The van der Waals surface area contributed by atoms with Crippen molar-refractivity contribution in [1.82, 2.24) is 15.5 Å². The molecular formula is C25H29BN4O5. The third kappa shape index (κ3) is 7.15. The van der Waals surface area contributed by atoms with Crippen LogP contribution >= 0.6 is 0 Å². The van der Waals surface area contributed by atoms with E-state index in [9.17, 15) is 24.4 Å². The van der Waals surface area contributed by atoms with Crippen LogP contribution in [0, 0.1) is 11.3 Å². The zero-order chi connectivity index (χ0) is 25.4. The Labute approximate surface area is 204 Å². The van der Waals surface area contributed by atoms with Crippen LogP contribution in [0.2, 0.25) is 0 Å². The molecule has 2 aromatic rings. The van der Waals surface area contributed by atoms with Crippen molar-refractivity contribution in [2.45, 2.75) is 50.6 Å². The van der Waals surface area contributed by atoms with E-state index < -0.39 is 31.1 Å². The van der Waals surface area contributed by atoms with Gasteiger partial charge in [-0.3, -0.25) is 14.4 Å². The summed E-state index contributed by atoms with van der Waals surface area (Å²) in [6, 6.07) is 16.4. The average Bonchev–Trinajstić information content (AvgIpc) is 3.33. The number of nitrogens with zero attached hydrogens (tertiary/aromatic N) is 2. The van der Waals surface area contributed by atoms with Crippen molar-refractivity contribution >= 4 is 24.8 Å². The third-order valence-corrected chi connectivity index (χ3v) is 6.00. The fourth-order valence-electron chi connectivity index (χ4n) is 4.33. The highest BCUT2D eigenvalue weighted by Gasteiger charge is 2.39. The molecule has 3 atom stereocenters. The zero-order valence-electron chi connectivity index (χ0n) is 19.6. The van der Waals surface area contributed by atoms with Crippen LogP contribution in [0.15, 0.2) is 54.6 Å². The Morgan fingerprint density at radius 3 is 2.46 bits per heavy atom. The lowest BCUT2D eigenvalue weighted by atomic mass is 9.75. The van der Waals surface area contributed by atoms with Crippen molar-refractivity contribution in [1.29, 1.82) is 5.26 Å². The first-order valence-corrected chi connectivity index (χ1v) is 11.6. The number of nitrogens with one attached hydrogen (secondary N) is 2. The quantitative estimate of drug-likeness (QED) is 0.385. The van der Waals surface area contributed by atoms with Crippen LogP contribution in [0.25, 0.3) is 0 Å². The Balaban J connectivity index is 1.72. The first-order chi connectivity index (χ1) is 16.8. The molecule has 3 amide bonds. The van der Waals surface area contributed by atoms with Gasteiger partial charge in [0, 0.05) is 19.9 Å². The van der Waals surface area contributed by atoms with Crippen molar-refractivity contribution in [2.24, 2.45) is 0 Å². The summed E-state index contributed by atoms with van der Waals surface area (Å²) in [7, 11) is -1.83. The minimum Gasteiger partial charge on any atom is -0.426 e. The molecule has 0 radical (unpaired) electrons. The molecule has 4 N–H and O–H groups in total. The minimum absolute atomic E-state index is 0.0993. The Morgan fingerprint density at radius 2 is 1.80 bits per heavy atom. The lowest BCUT2D eigenvalue weighted by Crippen LogP contribution is -2.57. The highest BCUT2D eigenvalue weighted by Crippen LogP contribution is 2.20. The van der Waals surface area contributed by atoms with E-state index in [4.69, 9.17) is 5.26 Å². The van der Waals surface area contributed by atoms with Gasteiger partial charge in [0.25, 0.3) is 0 Å². The summed E-state index contributed by atoms with van der Waals surface area (Å²) in [6.45, 7) is 1.70. The second kappa shape index (κ2) is 12.2. The summed E-state index contributed by atoms with van der Waals surface area (Å²) < 4.78 is 0. The van der Waals surface area contributed by atoms with Crippen molar-refractivity contribution in [3.63, 3.8) is 0 Å². The van der Waals surface area contributed by atoms with Gasteiger partial charge in [-0.1, -0.05) is 42.5 Å². The first kappa shape index (κ1) is 25.9. The number of carbonyl (C=O) groups excluding carboxylic acids is 3. The second-order valence-electron chi connectivity index (χ2n) is 8.68. The number of hydrogen-bond acceptors (Lipinski definition) is 6. The molecule has 1 saturated heterocycles. The molecule has 0 aromatic heterocycles. The van der Waals surface area contributed by atoms with Crippen molar-refractivity contribution in [3.8, 4) is 6.07 Å². The van der Waals surface area contributed by atoms with Gasteiger partial charge in [-0.05, 0) is 42.5 Å². The Hall–Kier alpha value is -3.68. The van der Waals surface area contributed by atoms with Crippen LogP contribution in [-0.2, 0) is 27.2 Å². The molecule has 182 valence electrons. The van der Waals surface area contributed by atoms with E-state index in [1.807, 2.05) is 36.4 Å². The largest absolute Gasteiger partial charge is 0.475 e.